The zero-order chi connectivity index (χ0) is 30.2. The van der Waals surface area contributed by atoms with Crippen LogP contribution >= 0.6 is 11.6 Å². The fourth-order valence-electron chi connectivity index (χ4n) is 4.78. The summed E-state index contributed by atoms with van der Waals surface area (Å²) < 4.78 is 10.8. The van der Waals surface area contributed by atoms with Gasteiger partial charge in [0.15, 0.2) is 0 Å². The average Bonchev–Trinajstić information content (AvgIpc) is 3.01. The lowest BCUT2D eigenvalue weighted by molar-refractivity contribution is 0.0447. The summed E-state index contributed by atoms with van der Waals surface area (Å²) in [5, 5.41) is 0.182. The van der Waals surface area contributed by atoms with Crippen LogP contribution in [0.25, 0.3) is 11.1 Å². The number of carbonyl (C=O) groups excluding carboxylic acids is 2. The molecule has 0 aliphatic carbocycles. The summed E-state index contributed by atoms with van der Waals surface area (Å²) in [6.45, 7) is 6.66. The van der Waals surface area contributed by atoms with Gasteiger partial charge in [-0.3, -0.25) is 0 Å². The molecule has 0 heterocycles. The molecule has 0 amide bonds. The third-order valence-corrected chi connectivity index (χ3v) is 8.11. The van der Waals surface area contributed by atoms with Crippen LogP contribution in [0.4, 0.5) is 0 Å². The topological polar surface area (TPSA) is 52.6 Å². The first-order chi connectivity index (χ1) is 20.4. The number of carbonyl (C=O) groups is 2. The summed E-state index contributed by atoms with van der Waals surface area (Å²) in [6.07, 6.45) is 15.5. The highest BCUT2D eigenvalue weighted by Crippen LogP contribution is 2.26. The molecule has 0 fully saturated rings. The van der Waals surface area contributed by atoms with Crippen LogP contribution in [0.1, 0.15) is 118 Å². The first kappa shape index (κ1) is 33.4. The zero-order valence-electron chi connectivity index (χ0n) is 25.6. The molecule has 0 aliphatic rings. The maximum atomic E-state index is 12.7. The second-order valence-electron chi connectivity index (χ2n) is 11.3. The summed E-state index contributed by atoms with van der Waals surface area (Å²) in [4.78, 5) is 25.0. The van der Waals surface area contributed by atoms with Gasteiger partial charge in [0.05, 0.1) is 22.8 Å². The molecule has 3 rings (SSSR count). The van der Waals surface area contributed by atoms with Crippen LogP contribution in [-0.2, 0) is 11.2 Å². The SMILES string of the molecule is CCCCCCCCCCCCc1ccc(-c2ccc(C(=O)Oc3ccc(C(=O)OC[C@@H](C)CC)c(Cl)c3)cc2)cc1. The number of halogens is 1. The molecule has 0 aromatic heterocycles. The van der Waals surface area contributed by atoms with E-state index in [4.69, 9.17) is 21.1 Å². The largest absolute Gasteiger partial charge is 0.462 e. The maximum Gasteiger partial charge on any atom is 0.343 e. The third-order valence-electron chi connectivity index (χ3n) is 7.79. The number of benzene rings is 3. The van der Waals surface area contributed by atoms with Crippen LogP contribution in [0, 0.1) is 5.92 Å². The van der Waals surface area contributed by atoms with Crippen molar-refractivity contribution in [1.29, 1.82) is 0 Å². The highest BCUT2D eigenvalue weighted by molar-refractivity contribution is 6.33. The highest BCUT2D eigenvalue weighted by Gasteiger charge is 2.16. The van der Waals surface area contributed by atoms with Gasteiger partial charge >= 0.3 is 11.9 Å². The Hall–Kier alpha value is -3.11. The summed E-state index contributed by atoms with van der Waals surface area (Å²) in [7, 11) is 0. The third kappa shape index (κ3) is 11.3. The fraction of sp³-hybridized carbons (Fsp3) is 0.459. The minimum Gasteiger partial charge on any atom is -0.462 e. The Morgan fingerprint density at radius 2 is 1.29 bits per heavy atom. The van der Waals surface area contributed by atoms with Gasteiger partial charge < -0.3 is 9.47 Å². The van der Waals surface area contributed by atoms with Crippen molar-refractivity contribution in [3.05, 3.63) is 88.4 Å². The molecular weight excluding hydrogens is 544 g/mol. The van der Waals surface area contributed by atoms with Crippen molar-refractivity contribution in [3.8, 4) is 16.9 Å². The summed E-state index contributed by atoms with van der Waals surface area (Å²) in [5.74, 6) is -0.430. The number of hydrogen-bond donors (Lipinski definition) is 0. The smallest absolute Gasteiger partial charge is 0.343 e. The molecular formula is C37H47ClO4. The Labute approximate surface area is 257 Å². The second-order valence-corrected chi connectivity index (χ2v) is 11.8. The standard InChI is InChI=1S/C37H47ClO4/c1-4-6-7-8-9-10-11-12-13-14-15-29-16-18-30(19-17-29)31-20-22-32(23-21-31)36(39)42-33-24-25-34(35(38)26-33)37(40)41-27-28(3)5-2/h16-26,28H,4-15,27H2,1-3H3/t28-/m0/s1. The van der Waals surface area contributed by atoms with Gasteiger partial charge in [0.2, 0.25) is 0 Å². The van der Waals surface area contributed by atoms with Gasteiger partial charge in [-0.25, -0.2) is 9.59 Å². The molecule has 0 unspecified atom stereocenters. The van der Waals surface area contributed by atoms with E-state index in [9.17, 15) is 9.59 Å². The lowest BCUT2D eigenvalue weighted by Crippen LogP contribution is -2.12. The molecule has 0 aliphatic heterocycles. The van der Waals surface area contributed by atoms with E-state index in [-0.39, 0.29) is 22.3 Å². The summed E-state index contributed by atoms with van der Waals surface area (Å²) in [5.41, 5.74) is 4.21. The Morgan fingerprint density at radius 3 is 1.86 bits per heavy atom. The first-order valence-corrected chi connectivity index (χ1v) is 16.2. The molecule has 4 nitrogen and oxygen atoms in total. The molecule has 3 aromatic carbocycles. The van der Waals surface area contributed by atoms with Crippen LogP contribution in [0.3, 0.4) is 0 Å². The zero-order valence-corrected chi connectivity index (χ0v) is 26.4. The van der Waals surface area contributed by atoms with Gasteiger partial charge in [-0.15, -0.1) is 0 Å². The molecule has 0 N–H and O–H groups in total. The lowest BCUT2D eigenvalue weighted by atomic mass is 10.00. The fourth-order valence-corrected chi connectivity index (χ4v) is 5.03. The molecule has 0 radical (unpaired) electrons. The summed E-state index contributed by atoms with van der Waals surface area (Å²) in [6, 6.07) is 20.6. The predicted molar refractivity (Wildman–Crippen MR) is 174 cm³/mol. The van der Waals surface area contributed by atoms with Gasteiger partial charge in [0, 0.05) is 6.07 Å². The molecule has 5 heteroatoms. The molecule has 226 valence electrons. The quantitative estimate of drug-likeness (QED) is 0.0839. The lowest BCUT2D eigenvalue weighted by Gasteiger charge is -2.11. The molecule has 0 saturated carbocycles. The van der Waals surface area contributed by atoms with E-state index in [2.05, 4.69) is 31.2 Å². The number of hydrogen-bond acceptors (Lipinski definition) is 4. The Balaban J connectivity index is 1.43. The predicted octanol–water partition coefficient (Wildman–Crippen LogP) is 10.9. The van der Waals surface area contributed by atoms with E-state index in [0.29, 0.717) is 12.2 Å². The van der Waals surface area contributed by atoms with Gasteiger partial charge in [0.25, 0.3) is 0 Å². The molecule has 0 bridgehead atoms. The van der Waals surface area contributed by atoms with Crippen LogP contribution < -0.4 is 4.74 Å². The number of rotatable bonds is 18. The Morgan fingerprint density at radius 1 is 0.714 bits per heavy atom. The number of ether oxygens (including phenoxy) is 2. The van der Waals surface area contributed by atoms with Crippen LogP contribution in [0.5, 0.6) is 5.75 Å². The van der Waals surface area contributed by atoms with Crippen LogP contribution in [-0.4, -0.2) is 18.5 Å². The second kappa shape index (κ2) is 18.4. The van der Waals surface area contributed by atoms with Crippen molar-refractivity contribution >= 4 is 23.5 Å². The van der Waals surface area contributed by atoms with E-state index in [1.54, 1.807) is 18.2 Å². The Bertz CT molecular complexity index is 1230. The monoisotopic (exact) mass is 590 g/mol. The average molecular weight is 591 g/mol. The van der Waals surface area contributed by atoms with E-state index in [1.807, 2.05) is 26.0 Å². The van der Waals surface area contributed by atoms with Crippen molar-refractivity contribution < 1.29 is 19.1 Å². The van der Waals surface area contributed by atoms with E-state index in [1.165, 1.54) is 81.9 Å². The maximum absolute atomic E-state index is 12.7. The van der Waals surface area contributed by atoms with Crippen molar-refractivity contribution in [2.45, 2.75) is 97.8 Å². The van der Waals surface area contributed by atoms with E-state index >= 15 is 0 Å². The van der Waals surface area contributed by atoms with Gasteiger partial charge in [-0.05, 0) is 59.7 Å². The van der Waals surface area contributed by atoms with Gasteiger partial charge in [-0.1, -0.05) is 133 Å². The van der Waals surface area contributed by atoms with Crippen molar-refractivity contribution in [2.24, 2.45) is 5.92 Å². The molecule has 1 atom stereocenters. The van der Waals surface area contributed by atoms with Crippen LogP contribution in [0.2, 0.25) is 5.02 Å². The molecule has 0 saturated heterocycles. The molecule has 42 heavy (non-hydrogen) atoms. The van der Waals surface area contributed by atoms with Crippen molar-refractivity contribution in [1.82, 2.24) is 0 Å². The van der Waals surface area contributed by atoms with E-state index in [0.717, 1.165) is 24.0 Å². The Kier molecular flexibility index (Phi) is 14.7. The summed E-state index contributed by atoms with van der Waals surface area (Å²) >= 11 is 6.28. The van der Waals surface area contributed by atoms with Gasteiger partial charge in [-0.2, -0.15) is 0 Å². The number of esters is 2. The highest BCUT2D eigenvalue weighted by atomic mass is 35.5. The minimum atomic E-state index is -0.489. The molecule has 3 aromatic rings. The number of aryl methyl sites for hydroxylation is 1. The van der Waals surface area contributed by atoms with Crippen molar-refractivity contribution in [2.75, 3.05) is 6.61 Å². The minimum absolute atomic E-state index is 0.182. The number of unbranched alkanes of at least 4 members (excludes halogenated alkanes) is 9. The molecule has 0 spiro atoms. The first-order valence-electron chi connectivity index (χ1n) is 15.8. The van der Waals surface area contributed by atoms with E-state index < -0.39 is 11.9 Å². The van der Waals surface area contributed by atoms with Gasteiger partial charge in [0.1, 0.15) is 5.75 Å². The normalized spacial score (nSPS) is 11.7. The van der Waals surface area contributed by atoms with Crippen LogP contribution in [0.15, 0.2) is 66.7 Å². The van der Waals surface area contributed by atoms with Crippen molar-refractivity contribution in [3.63, 3.8) is 0 Å².